The van der Waals surface area contributed by atoms with Gasteiger partial charge in [0.1, 0.15) is 0 Å². The summed E-state index contributed by atoms with van der Waals surface area (Å²) < 4.78 is 23.1. The number of rotatable bonds is 9. The molecule has 86 valence electrons. The van der Waals surface area contributed by atoms with Crippen molar-refractivity contribution in [1.29, 1.82) is 0 Å². The van der Waals surface area contributed by atoms with Crippen LogP contribution in [-0.4, -0.2) is 36.8 Å². The molecule has 0 aromatic carbocycles. The second-order valence-electron chi connectivity index (χ2n) is 2.94. The summed E-state index contributed by atoms with van der Waals surface area (Å²) in [5.41, 5.74) is 0. The predicted molar refractivity (Wildman–Crippen MR) is 66.5 cm³/mol. The molecule has 0 aliphatic rings. The molecule has 0 aliphatic heterocycles. The number of hydrogen-bond acceptors (Lipinski definition) is 2. The van der Waals surface area contributed by atoms with Crippen molar-refractivity contribution in [3.63, 3.8) is 0 Å². The zero-order valence-electron chi connectivity index (χ0n) is 8.08. The molecule has 0 rings (SSSR count). The molecule has 0 aromatic heterocycles. The summed E-state index contributed by atoms with van der Waals surface area (Å²) in [6, 6.07) is 0. The van der Waals surface area contributed by atoms with Gasteiger partial charge >= 0.3 is 0 Å². The Hall–Kier alpha value is 1.03. The van der Waals surface area contributed by atoms with Gasteiger partial charge in [-0.3, -0.25) is 4.21 Å². The topological polar surface area (TPSA) is 43.4 Å². The maximum absolute atomic E-state index is 10.8. The number of nitrogens with zero attached hydrogens (tertiary/aromatic N) is 1. The molecule has 0 aromatic rings. The summed E-state index contributed by atoms with van der Waals surface area (Å²) in [7, 11) is 0. The van der Waals surface area contributed by atoms with Gasteiger partial charge in [-0.05, 0) is 25.7 Å². The fourth-order valence-corrected chi connectivity index (χ4v) is 2.38. The summed E-state index contributed by atoms with van der Waals surface area (Å²) >= 11 is 4.59. The van der Waals surface area contributed by atoms with E-state index in [1.807, 2.05) is 0 Å². The average molecular weight is 350 g/mol. The van der Waals surface area contributed by atoms with E-state index in [1.165, 1.54) is 4.31 Å². The molecule has 3 nitrogen and oxygen atoms in total. The first-order valence-electron chi connectivity index (χ1n) is 4.68. The highest BCUT2D eigenvalue weighted by Gasteiger charge is 2.03. The molecular formula is C8H16Br2NO2S-. The van der Waals surface area contributed by atoms with Crippen molar-refractivity contribution in [2.75, 3.05) is 23.7 Å². The molecule has 0 N–H and O–H groups in total. The van der Waals surface area contributed by atoms with Crippen molar-refractivity contribution >= 4 is 43.1 Å². The Bertz CT molecular complexity index is 150. The molecule has 0 saturated heterocycles. The van der Waals surface area contributed by atoms with Crippen LogP contribution in [0.1, 0.15) is 25.7 Å². The minimum atomic E-state index is -2.06. The lowest BCUT2D eigenvalue weighted by Gasteiger charge is -2.23. The third-order valence-corrected chi connectivity index (χ3v) is 3.70. The van der Waals surface area contributed by atoms with Crippen LogP contribution >= 0.6 is 31.9 Å². The molecule has 0 heterocycles. The molecular weight excluding hydrogens is 334 g/mol. The van der Waals surface area contributed by atoms with Gasteiger partial charge in [0, 0.05) is 35.0 Å². The fraction of sp³-hybridized carbons (Fsp3) is 1.00. The van der Waals surface area contributed by atoms with E-state index in [9.17, 15) is 8.76 Å². The second-order valence-corrected chi connectivity index (χ2v) is 5.47. The van der Waals surface area contributed by atoms with Gasteiger partial charge in [0.05, 0.1) is 0 Å². The van der Waals surface area contributed by atoms with Gasteiger partial charge < -0.3 is 4.55 Å². The molecule has 0 radical (unpaired) electrons. The van der Waals surface area contributed by atoms with Crippen molar-refractivity contribution in [3.05, 3.63) is 0 Å². The van der Waals surface area contributed by atoms with Crippen LogP contribution in [0.2, 0.25) is 0 Å². The van der Waals surface area contributed by atoms with E-state index in [0.29, 0.717) is 13.1 Å². The third-order valence-electron chi connectivity index (χ3n) is 1.79. The van der Waals surface area contributed by atoms with Gasteiger partial charge in [-0.1, -0.05) is 31.9 Å². The number of halogens is 2. The van der Waals surface area contributed by atoms with Gasteiger partial charge in [-0.15, -0.1) is 0 Å². The Labute approximate surface area is 105 Å². The highest BCUT2D eigenvalue weighted by Crippen LogP contribution is 2.03. The SMILES string of the molecule is O=S([O-])N(CCCCBr)CCCCBr. The molecule has 6 heteroatoms. The van der Waals surface area contributed by atoms with Crippen LogP contribution in [0.5, 0.6) is 0 Å². The second kappa shape index (κ2) is 10.5. The van der Waals surface area contributed by atoms with E-state index in [2.05, 4.69) is 31.9 Å². The monoisotopic (exact) mass is 348 g/mol. The van der Waals surface area contributed by atoms with Gasteiger partial charge in [0.25, 0.3) is 0 Å². The quantitative estimate of drug-likeness (QED) is 0.364. The molecule has 0 fully saturated rings. The van der Waals surface area contributed by atoms with Crippen molar-refractivity contribution in [1.82, 2.24) is 4.31 Å². The van der Waals surface area contributed by atoms with E-state index < -0.39 is 11.3 Å². The Balaban J connectivity index is 3.61. The molecule has 0 spiro atoms. The Morgan fingerprint density at radius 3 is 1.71 bits per heavy atom. The molecule has 14 heavy (non-hydrogen) atoms. The summed E-state index contributed by atoms with van der Waals surface area (Å²) in [5, 5.41) is 1.88. The number of alkyl halides is 2. The minimum absolute atomic E-state index is 0.643. The summed E-state index contributed by atoms with van der Waals surface area (Å²) in [5.74, 6) is 0. The first-order chi connectivity index (χ1) is 6.72. The summed E-state index contributed by atoms with van der Waals surface area (Å²) in [6.45, 7) is 1.29. The minimum Gasteiger partial charge on any atom is -0.760 e. The van der Waals surface area contributed by atoms with Gasteiger partial charge in [0.2, 0.25) is 0 Å². The van der Waals surface area contributed by atoms with Crippen molar-refractivity contribution in [2.24, 2.45) is 0 Å². The van der Waals surface area contributed by atoms with Crippen molar-refractivity contribution < 1.29 is 8.76 Å². The zero-order chi connectivity index (χ0) is 10.8. The van der Waals surface area contributed by atoms with Gasteiger partial charge in [-0.2, -0.15) is 0 Å². The maximum Gasteiger partial charge on any atom is 0.0209 e. The lowest BCUT2D eigenvalue weighted by molar-refractivity contribution is 0.376. The molecule has 1 atom stereocenters. The van der Waals surface area contributed by atoms with Crippen LogP contribution in [-0.2, 0) is 11.3 Å². The van der Waals surface area contributed by atoms with Crippen LogP contribution in [0.25, 0.3) is 0 Å². The van der Waals surface area contributed by atoms with E-state index in [-0.39, 0.29) is 0 Å². The van der Waals surface area contributed by atoms with Gasteiger partial charge in [-0.25, -0.2) is 4.31 Å². The molecule has 0 amide bonds. The molecule has 0 saturated carbocycles. The van der Waals surface area contributed by atoms with Gasteiger partial charge in [0.15, 0.2) is 0 Å². The van der Waals surface area contributed by atoms with Crippen LogP contribution < -0.4 is 0 Å². The van der Waals surface area contributed by atoms with Crippen LogP contribution in [0.4, 0.5) is 0 Å². The first kappa shape index (κ1) is 15.0. The number of unbranched alkanes of at least 4 members (excludes halogenated alkanes) is 2. The highest BCUT2D eigenvalue weighted by atomic mass is 79.9. The Morgan fingerprint density at radius 1 is 1.00 bits per heavy atom. The van der Waals surface area contributed by atoms with Crippen LogP contribution in [0.3, 0.4) is 0 Å². The van der Waals surface area contributed by atoms with E-state index >= 15 is 0 Å². The number of hydrogen-bond donors (Lipinski definition) is 0. The maximum atomic E-state index is 10.8. The standard InChI is InChI=1S/C8H17Br2NO2S/c9-5-1-3-7-11(14(12)13)8-4-2-6-10/h1-8H2,(H,12,13)/p-1. The van der Waals surface area contributed by atoms with Crippen molar-refractivity contribution in [2.45, 2.75) is 25.7 Å². The zero-order valence-corrected chi connectivity index (χ0v) is 12.1. The smallest absolute Gasteiger partial charge is 0.0209 e. The van der Waals surface area contributed by atoms with E-state index in [0.717, 1.165) is 36.3 Å². The lowest BCUT2D eigenvalue weighted by Crippen LogP contribution is -2.28. The lowest BCUT2D eigenvalue weighted by atomic mass is 10.3. The van der Waals surface area contributed by atoms with E-state index in [4.69, 9.17) is 0 Å². The average Bonchev–Trinajstić information content (AvgIpc) is 2.15. The molecule has 1 unspecified atom stereocenters. The summed E-state index contributed by atoms with van der Waals surface area (Å²) in [6.07, 6.45) is 3.89. The first-order valence-corrected chi connectivity index (χ1v) is 7.96. The third kappa shape index (κ3) is 8.35. The van der Waals surface area contributed by atoms with E-state index in [1.54, 1.807) is 0 Å². The largest absolute Gasteiger partial charge is 0.760 e. The summed E-state index contributed by atoms with van der Waals surface area (Å²) in [4.78, 5) is 0. The Kier molecular flexibility index (Phi) is 11.3. The van der Waals surface area contributed by atoms with Crippen LogP contribution in [0.15, 0.2) is 0 Å². The highest BCUT2D eigenvalue weighted by molar-refractivity contribution is 9.09. The molecule has 0 aliphatic carbocycles. The molecule has 0 bridgehead atoms. The van der Waals surface area contributed by atoms with Crippen LogP contribution in [0, 0.1) is 0 Å². The normalized spacial score (nSPS) is 13.4. The fourth-order valence-electron chi connectivity index (χ4n) is 1.03. The Morgan fingerprint density at radius 2 is 1.43 bits per heavy atom. The van der Waals surface area contributed by atoms with Crippen molar-refractivity contribution in [3.8, 4) is 0 Å². The predicted octanol–water partition coefficient (Wildman–Crippen LogP) is 2.43.